The van der Waals surface area contributed by atoms with Gasteiger partial charge in [-0.25, -0.2) is 0 Å². The van der Waals surface area contributed by atoms with Crippen LogP contribution >= 0.6 is 0 Å². The summed E-state index contributed by atoms with van der Waals surface area (Å²) in [5.74, 6) is 0. The molecule has 0 saturated carbocycles. The average molecular weight is 933 g/mol. The normalized spacial score (nSPS) is 11.5. The van der Waals surface area contributed by atoms with Gasteiger partial charge in [0.25, 0.3) is 0 Å². The van der Waals surface area contributed by atoms with Crippen molar-refractivity contribution in [2.45, 2.75) is 0 Å². The Morgan fingerprint density at radius 1 is 0.286 bits per heavy atom. The zero-order valence-electron chi connectivity index (χ0n) is 41.4. The van der Waals surface area contributed by atoms with Crippen molar-refractivity contribution in [1.82, 2.24) is 0 Å². The molecule has 0 unspecified atom stereocenters. The Hall–Kier alpha value is -6.84. The van der Waals surface area contributed by atoms with Crippen molar-refractivity contribution >= 4 is 276 Å². The largest absolute Gasteiger partial charge is 0.455 e. The lowest BCUT2D eigenvalue weighted by Crippen LogP contribution is -2.57. The molecule has 316 valence electrons. The molecule has 11 rings (SSSR count). The SMILES string of the molecule is [B]c1c([B])c([B])c(-c2c([B])c([B])c(-c3c([B])c([B])c(N(c4ccc(-c5cccc6oc7c8ccccc8ccc7c56)cc4)c4c([B])c([B])c(-c5cccc(-c6ccccc6)c5)c([B])c4[B])c([B])c3[B])c([B])c2[B])c([B])c1[B]. The van der Waals surface area contributed by atoms with Gasteiger partial charge in [0.2, 0.25) is 0 Å². The summed E-state index contributed by atoms with van der Waals surface area (Å²) in [4.78, 5) is 1.62. The first-order chi connectivity index (χ1) is 36.8. The fraction of sp³-hybridized carbons (Fsp3) is 0. The zero-order chi connectivity index (χ0) is 54.6. The summed E-state index contributed by atoms with van der Waals surface area (Å²) in [5.41, 5.74) is 6.09. The Kier molecular flexibility index (Phi) is 13.5. The van der Waals surface area contributed by atoms with E-state index in [0.29, 0.717) is 16.8 Å². The molecule has 0 N–H and O–H groups in total. The van der Waals surface area contributed by atoms with Crippen LogP contribution in [0.3, 0.4) is 0 Å². The van der Waals surface area contributed by atoms with E-state index >= 15 is 0 Å². The molecule has 77 heavy (non-hydrogen) atoms. The van der Waals surface area contributed by atoms with Gasteiger partial charge in [0.15, 0.2) is 0 Å². The maximum absolute atomic E-state index is 7.21. The van der Waals surface area contributed by atoms with Crippen molar-refractivity contribution in [3.63, 3.8) is 0 Å². The summed E-state index contributed by atoms with van der Waals surface area (Å²) < 4.78 is 6.53. The molecule has 0 fully saturated rings. The van der Waals surface area contributed by atoms with Crippen LogP contribution in [0.1, 0.15) is 0 Å². The molecule has 0 aliphatic heterocycles. The lowest BCUT2D eigenvalue weighted by molar-refractivity contribution is 0.673. The summed E-state index contributed by atoms with van der Waals surface area (Å²) in [7, 11) is 116. The molecular formula is C58H22B17NO. The highest BCUT2D eigenvalue weighted by Crippen LogP contribution is 2.41. The standard InChI is InChI=1S/C58H22B17NO/c59-39-33(27-12-6-11-26(22-27)23-8-2-1-3-9-23)40(60)53(73)56(52(39)72)76(28-19-16-25(17-20-28)29-14-7-15-32-34(29)31-21-18-24-10-4-5-13-30(24)58(31)77-32)57-54(74)47(67)38(48(68)55(57)75)36-43(63)41(61)35(42(62)44(36)64)37-45(65)49(69)51(71)50(70)46(37)66/h1-22H. The molecule has 2 nitrogen and oxygen atoms in total. The molecular weight excluding hydrogens is 910 g/mol. The van der Waals surface area contributed by atoms with E-state index in [0.717, 1.165) is 55.0 Å². The van der Waals surface area contributed by atoms with E-state index in [1.807, 2.05) is 115 Å². The Morgan fingerprint density at radius 3 is 1.26 bits per heavy atom. The number of hydrogen-bond acceptors (Lipinski definition) is 2. The van der Waals surface area contributed by atoms with E-state index in [-0.39, 0.29) is 126 Å². The third-order valence-corrected chi connectivity index (χ3v) is 14.6. The van der Waals surface area contributed by atoms with E-state index < -0.39 is 0 Å². The van der Waals surface area contributed by atoms with Gasteiger partial charge >= 0.3 is 0 Å². The first kappa shape index (κ1) is 52.2. The van der Waals surface area contributed by atoms with Crippen molar-refractivity contribution in [3.05, 3.63) is 133 Å². The Balaban J connectivity index is 1.12. The molecule has 0 saturated heterocycles. The van der Waals surface area contributed by atoms with Crippen LogP contribution in [-0.4, -0.2) is 133 Å². The topological polar surface area (TPSA) is 16.4 Å². The third-order valence-electron chi connectivity index (χ3n) is 14.6. The van der Waals surface area contributed by atoms with Crippen LogP contribution in [0.2, 0.25) is 0 Å². The van der Waals surface area contributed by atoms with Gasteiger partial charge in [0.1, 0.15) is 145 Å². The third kappa shape index (κ3) is 8.19. The van der Waals surface area contributed by atoms with Gasteiger partial charge in [0, 0.05) is 33.2 Å². The Morgan fingerprint density at radius 2 is 0.714 bits per heavy atom. The summed E-state index contributed by atoms with van der Waals surface area (Å²) in [5, 5.41) is 3.96. The minimum Gasteiger partial charge on any atom is -0.455 e. The van der Waals surface area contributed by atoms with Crippen molar-refractivity contribution in [1.29, 1.82) is 0 Å². The average Bonchev–Trinajstić information content (AvgIpc) is 3.85. The van der Waals surface area contributed by atoms with Gasteiger partial charge in [-0.1, -0.05) is 180 Å². The molecule has 34 radical (unpaired) electrons. The second-order valence-corrected chi connectivity index (χ2v) is 18.9. The van der Waals surface area contributed by atoms with E-state index in [2.05, 4.69) is 18.2 Å². The minimum absolute atomic E-state index is 0.0108. The lowest BCUT2D eigenvalue weighted by atomic mass is 9.55. The molecule has 1 aromatic heterocycles. The lowest BCUT2D eigenvalue weighted by Gasteiger charge is -2.37. The second kappa shape index (κ2) is 19.9. The minimum atomic E-state index is -0.133. The highest BCUT2D eigenvalue weighted by atomic mass is 16.3. The van der Waals surface area contributed by atoms with Crippen molar-refractivity contribution in [3.8, 4) is 55.6 Å². The smallest absolute Gasteiger partial charge is 0.143 e. The summed E-state index contributed by atoms with van der Waals surface area (Å²) >= 11 is 0. The zero-order valence-corrected chi connectivity index (χ0v) is 41.4. The highest BCUT2D eigenvalue weighted by Gasteiger charge is 2.29. The van der Waals surface area contributed by atoms with Crippen LogP contribution in [0.5, 0.6) is 0 Å². The van der Waals surface area contributed by atoms with Crippen molar-refractivity contribution in [2.24, 2.45) is 0 Å². The number of fused-ring (bicyclic) bond motifs is 5. The number of benzene rings is 10. The fourth-order valence-electron chi connectivity index (χ4n) is 10.6. The molecule has 0 bridgehead atoms. The Labute approximate surface area is 471 Å². The number of furan rings is 1. The summed E-state index contributed by atoms with van der Waals surface area (Å²) in [6.07, 6.45) is 0. The van der Waals surface area contributed by atoms with Crippen molar-refractivity contribution in [2.75, 3.05) is 4.90 Å². The van der Waals surface area contributed by atoms with Gasteiger partial charge in [-0.2, -0.15) is 0 Å². The monoisotopic (exact) mass is 935 g/mol. The molecule has 11 aromatic rings. The summed E-state index contributed by atoms with van der Waals surface area (Å²) in [6.45, 7) is 0. The number of rotatable bonds is 8. The highest BCUT2D eigenvalue weighted by molar-refractivity contribution is 6.72. The molecule has 0 amide bonds. The first-order valence-corrected chi connectivity index (χ1v) is 24.0. The molecule has 0 aliphatic rings. The second-order valence-electron chi connectivity index (χ2n) is 18.9. The maximum atomic E-state index is 7.21. The van der Waals surface area contributed by atoms with E-state index in [4.69, 9.17) is 138 Å². The van der Waals surface area contributed by atoms with Crippen LogP contribution in [0.4, 0.5) is 17.1 Å². The predicted molar refractivity (Wildman–Crippen MR) is 345 cm³/mol. The molecule has 19 heteroatoms. The van der Waals surface area contributed by atoms with E-state index in [9.17, 15) is 0 Å². The number of hydrogen-bond donors (Lipinski definition) is 0. The quantitative estimate of drug-likeness (QED) is 0.145. The van der Waals surface area contributed by atoms with E-state index in [1.54, 1.807) is 4.90 Å². The number of anilines is 3. The molecule has 10 aromatic carbocycles. The summed E-state index contributed by atoms with van der Waals surface area (Å²) in [6, 6.07) is 43.3. The molecule has 0 spiro atoms. The van der Waals surface area contributed by atoms with E-state index in [1.165, 1.54) is 0 Å². The van der Waals surface area contributed by atoms with Crippen LogP contribution in [0.25, 0.3) is 88.3 Å². The van der Waals surface area contributed by atoms with Crippen LogP contribution in [0, 0.1) is 0 Å². The van der Waals surface area contributed by atoms with Crippen LogP contribution in [0.15, 0.2) is 138 Å². The predicted octanol–water partition coefficient (Wildman–Crippen LogP) is -3.96. The van der Waals surface area contributed by atoms with Gasteiger partial charge in [-0.3, -0.25) is 0 Å². The molecule has 0 atom stereocenters. The first-order valence-electron chi connectivity index (χ1n) is 24.0. The Bertz CT molecular complexity index is 4190. The maximum Gasteiger partial charge on any atom is 0.143 e. The van der Waals surface area contributed by atoms with Gasteiger partial charge in [-0.05, 0) is 91.4 Å². The molecule has 1 heterocycles. The fourth-order valence-corrected chi connectivity index (χ4v) is 10.6. The van der Waals surface area contributed by atoms with Gasteiger partial charge in [0.05, 0.1) is 0 Å². The van der Waals surface area contributed by atoms with Gasteiger partial charge in [-0.15, -0.1) is 16.4 Å². The van der Waals surface area contributed by atoms with Gasteiger partial charge < -0.3 is 9.32 Å². The van der Waals surface area contributed by atoms with Crippen molar-refractivity contribution < 1.29 is 4.42 Å². The number of nitrogens with zero attached hydrogens (tertiary/aromatic N) is 1. The van der Waals surface area contributed by atoms with Crippen LogP contribution < -0.4 is 97.8 Å². The van der Waals surface area contributed by atoms with Crippen LogP contribution in [-0.2, 0) is 0 Å². The molecule has 0 aliphatic carbocycles.